The van der Waals surface area contributed by atoms with Crippen molar-refractivity contribution in [2.24, 2.45) is 0 Å². The molecule has 45 heavy (non-hydrogen) atoms. The van der Waals surface area contributed by atoms with Crippen molar-refractivity contribution in [3.63, 3.8) is 0 Å². The van der Waals surface area contributed by atoms with Crippen molar-refractivity contribution < 1.29 is 32.2 Å². The first-order valence-electron chi connectivity index (χ1n) is 15.0. The van der Waals surface area contributed by atoms with E-state index in [2.05, 4.69) is 4.98 Å². The number of nitrogens with zero attached hydrogens (tertiary/aromatic N) is 5. The predicted molar refractivity (Wildman–Crippen MR) is 168 cm³/mol. The van der Waals surface area contributed by atoms with E-state index < -0.39 is 29.0 Å². The number of alkyl halides is 3. The van der Waals surface area contributed by atoms with E-state index in [0.717, 1.165) is 17.8 Å². The minimum absolute atomic E-state index is 0.0520. The number of likely N-dealkylation sites (tertiary alicyclic amines) is 1. The molecular weight excluding hydrogens is 607 g/mol. The van der Waals surface area contributed by atoms with Gasteiger partial charge in [-0.25, -0.2) is 19.1 Å². The highest BCUT2D eigenvalue weighted by molar-refractivity contribution is 7.99. The standard InChI is InChI=1S/C32H42F3N5O4S/c1-20(2)25-18-36-27-24(39(29(42)44-31(6,7)8)19-21-10-9-11-22(16-21)32(33,34)35)17-26(37-40(25)27)45-23-12-14-38(15-13-23)28(41)43-30(3,4)5/h9-11,16-18,20,23H,12-15,19H2,1-8H3. The number of rotatable bonds is 6. The molecule has 0 N–H and O–H groups in total. The van der Waals surface area contributed by atoms with Crippen LogP contribution in [0.2, 0.25) is 0 Å². The largest absolute Gasteiger partial charge is 0.444 e. The first-order valence-corrected chi connectivity index (χ1v) is 15.9. The quantitative estimate of drug-likeness (QED) is 0.265. The van der Waals surface area contributed by atoms with Crippen molar-refractivity contribution in [2.45, 2.75) is 108 Å². The minimum Gasteiger partial charge on any atom is -0.444 e. The number of imidazole rings is 1. The van der Waals surface area contributed by atoms with E-state index in [9.17, 15) is 22.8 Å². The predicted octanol–water partition coefficient (Wildman–Crippen LogP) is 8.30. The van der Waals surface area contributed by atoms with Crippen LogP contribution in [0.3, 0.4) is 0 Å². The van der Waals surface area contributed by atoms with E-state index in [1.54, 1.807) is 48.5 Å². The number of aromatic nitrogens is 3. The molecule has 0 bridgehead atoms. The molecule has 0 radical (unpaired) electrons. The number of thioether (sulfide) groups is 1. The Morgan fingerprint density at radius 1 is 1.02 bits per heavy atom. The van der Waals surface area contributed by atoms with Gasteiger partial charge in [0.25, 0.3) is 0 Å². The SMILES string of the molecule is CC(C)c1cnc2c(N(Cc3cccc(C(F)(F)F)c3)C(=O)OC(C)(C)C)cc(SC3CCN(C(=O)OC(C)(C)C)CC3)nn12. The lowest BCUT2D eigenvalue weighted by atomic mass is 10.1. The smallest absolute Gasteiger partial charge is 0.416 e. The number of fused-ring (bicyclic) bond motifs is 1. The summed E-state index contributed by atoms with van der Waals surface area (Å²) in [6.45, 7) is 15.6. The molecule has 3 heterocycles. The number of halogens is 3. The molecule has 1 aliphatic rings. The molecule has 9 nitrogen and oxygen atoms in total. The molecule has 2 amide bonds. The second kappa shape index (κ2) is 13.1. The van der Waals surface area contributed by atoms with E-state index >= 15 is 0 Å². The van der Waals surface area contributed by atoms with Gasteiger partial charge < -0.3 is 14.4 Å². The van der Waals surface area contributed by atoms with Gasteiger partial charge in [-0.2, -0.15) is 18.3 Å². The number of carbonyl (C=O) groups excluding carboxylic acids is 2. The Hall–Kier alpha value is -3.48. The third-order valence-electron chi connectivity index (χ3n) is 6.92. The van der Waals surface area contributed by atoms with E-state index in [-0.39, 0.29) is 29.4 Å². The molecule has 0 atom stereocenters. The second-order valence-corrected chi connectivity index (χ2v) is 14.8. The van der Waals surface area contributed by atoms with Gasteiger partial charge in [-0.15, -0.1) is 11.8 Å². The Balaban J connectivity index is 1.71. The van der Waals surface area contributed by atoms with Gasteiger partial charge in [0.15, 0.2) is 5.65 Å². The van der Waals surface area contributed by atoms with Crippen LogP contribution in [0.15, 0.2) is 41.6 Å². The van der Waals surface area contributed by atoms with E-state index in [1.165, 1.54) is 22.7 Å². The zero-order valence-corrected chi connectivity index (χ0v) is 27.9. The highest BCUT2D eigenvalue weighted by atomic mass is 32.2. The zero-order chi connectivity index (χ0) is 33.3. The summed E-state index contributed by atoms with van der Waals surface area (Å²) in [6, 6.07) is 6.65. The van der Waals surface area contributed by atoms with Crippen LogP contribution < -0.4 is 4.90 Å². The summed E-state index contributed by atoms with van der Waals surface area (Å²) in [7, 11) is 0. The summed E-state index contributed by atoms with van der Waals surface area (Å²) in [5, 5.41) is 5.61. The molecule has 0 saturated carbocycles. The average molecular weight is 650 g/mol. The average Bonchev–Trinajstić information content (AvgIpc) is 3.34. The highest BCUT2D eigenvalue weighted by Gasteiger charge is 2.33. The zero-order valence-electron chi connectivity index (χ0n) is 27.1. The molecule has 3 aromatic rings. The monoisotopic (exact) mass is 649 g/mol. The maximum absolute atomic E-state index is 13.7. The van der Waals surface area contributed by atoms with Crippen molar-refractivity contribution in [1.29, 1.82) is 0 Å². The Labute approximate surface area is 266 Å². The molecule has 1 aromatic carbocycles. The maximum atomic E-state index is 13.7. The molecule has 0 unspecified atom stereocenters. The normalized spacial score (nSPS) is 15.1. The number of anilines is 1. The van der Waals surface area contributed by atoms with E-state index in [0.29, 0.717) is 42.3 Å². The fraction of sp³-hybridized carbons (Fsp3) is 0.562. The number of hydrogen-bond donors (Lipinski definition) is 0. The topological polar surface area (TPSA) is 89.3 Å². The van der Waals surface area contributed by atoms with Crippen LogP contribution in [-0.4, -0.2) is 61.2 Å². The summed E-state index contributed by atoms with van der Waals surface area (Å²) in [5.41, 5.74) is -0.378. The van der Waals surface area contributed by atoms with Gasteiger partial charge in [-0.3, -0.25) is 4.90 Å². The highest BCUT2D eigenvalue weighted by Crippen LogP contribution is 2.36. The number of amides is 2. The molecule has 4 rings (SSSR count). The molecule has 1 saturated heterocycles. The number of ether oxygens (including phenoxy) is 2. The van der Waals surface area contributed by atoms with Gasteiger partial charge in [-0.05, 0) is 84.1 Å². The van der Waals surface area contributed by atoms with Crippen LogP contribution in [0, 0.1) is 0 Å². The van der Waals surface area contributed by atoms with Gasteiger partial charge in [-0.1, -0.05) is 26.0 Å². The molecule has 1 aliphatic heterocycles. The lowest BCUT2D eigenvalue weighted by Crippen LogP contribution is -2.42. The Kier molecular flexibility index (Phi) is 10.0. The van der Waals surface area contributed by atoms with Crippen LogP contribution in [0.5, 0.6) is 0 Å². The summed E-state index contributed by atoms with van der Waals surface area (Å²) >= 11 is 1.53. The Morgan fingerprint density at radius 3 is 2.24 bits per heavy atom. The fourth-order valence-corrected chi connectivity index (χ4v) is 5.94. The first-order chi connectivity index (χ1) is 20.8. The Morgan fingerprint density at radius 2 is 1.67 bits per heavy atom. The van der Waals surface area contributed by atoms with Gasteiger partial charge in [0.1, 0.15) is 16.2 Å². The molecule has 246 valence electrons. The fourth-order valence-electron chi connectivity index (χ4n) is 4.84. The molecule has 0 aliphatic carbocycles. The molecular formula is C32H42F3N5O4S. The van der Waals surface area contributed by atoms with Gasteiger partial charge >= 0.3 is 18.4 Å². The van der Waals surface area contributed by atoms with Crippen molar-refractivity contribution in [3.8, 4) is 0 Å². The summed E-state index contributed by atoms with van der Waals surface area (Å²) in [6.07, 6.45) is -2.48. The van der Waals surface area contributed by atoms with Crippen molar-refractivity contribution in [2.75, 3.05) is 18.0 Å². The number of piperidine rings is 1. The Bertz CT molecular complexity index is 1520. The molecule has 1 fully saturated rings. The van der Waals surface area contributed by atoms with Gasteiger partial charge in [0, 0.05) is 18.3 Å². The van der Waals surface area contributed by atoms with Crippen molar-refractivity contribution in [1.82, 2.24) is 19.5 Å². The van der Waals surface area contributed by atoms with Crippen LogP contribution in [0.1, 0.15) is 91.0 Å². The number of carbonyl (C=O) groups is 2. The number of hydrogen-bond acceptors (Lipinski definition) is 7. The van der Waals surface area contributed by atoms with Crippen LogP contribution in [0.4, 0.5) is 28.4 Å². The van der Waals surface area contributed by atoms with Crippen LogP contribution in [0.25, 0.3) is 5.65 Å². The summed E-state index contributed by atoms with van der Waals surface area (Å²) in [5.74, 6) is 0.0520. The van der Waals surface area contributed by atoms with Gasteiger partial charge in [0.05, 0.1) is 29.7 Å². The van der Waals surface area contributed by atoms with Gasteiger partial charge in [0.2, 0.25) is 0 Å². The maximum Gasteiger partial charge on any atom is 0.416 e. The number of benzene rings is 1. The first kappa shape index (κ1) is 34.4. The summed E-state index contributed by atoms with van der Waals surface area (Å²) < 4.78 is 53.6. The van der Waals surface area contributed by atoms with Crippen LogP contribution in [-0.2, 0) is 22.2 Å². The molecule has 0 spiro atoms. The lowest BCUT2D eigenvalue weighted by Gasteiger charge is -2.33. The van der Waals surface area contributed by atoms with Crippen molar-refractivity contribution >= 4 is 35.3 Å². The lowest BCUT2D eigenvalue weighted by molar-refractivity contribution is -0.137. The van der Waals surface area contributed by atoms with Crippen molar-refractivity contribution in [3.05, 3.63) is 53.3 Å². The minimum atomic E-state index is -4.53. The second-order valence-electron chi connectivity index (χ2n) is 13.5. The molecule has 2 aromatic heterocycles. The third-order valence-corrected chi connectivity index (χ3v) is 8.17. The van der Waals surface area contributed by atoms with E-state index in [4.69, 9.17) is 14.6 Å². The third kappa shape index (κ3) is 9.05. The van der Waals surface area contributed by atoms with E-state index in [1.807, 2.05) is 34.6 Å². The summed E-state index contributed by atoms with van der Waals surface area (Å²) in [4.78, 5) is 33.9. The molecule has 13 heteroatoms. The van der Waals surface area contributed by atoms with Crippen LogP contribution >= 0.6 is 11.8 Å².